The quantitative estimate of drug-likeness (QED) is 0.722. The molecule has 1 aromatic heterocycles. The molecule has 0 saturated heterocycles. The molecule has 26 heavy (non-hydrogen) atoms. The number of rotatable bonds is 5. The van der Waals surface area contributed by atoms with Gasteiger partial charge in [0.25, 0.3) is 5.91 Å². The van der Waals surface area contributed by atoms with E-state index in [1.165, 1.54) is 5.56 Å². The van der Waals surface area contributed by atoms with E-state index in [0.717, 1.165) is 16.8 Å². The van der Waals surface area contributed by atoms with Gasteiger partial charge in [-0.05, 0) is 49.6 Å². The first kappa shape index (κ1) is 17.6. The molecule has 0 saturated carbocycles. The molecular formula is C21H22N4O. The monoisotopic (exact) mass is 346 g/mol. The highest BCUT2D eigenvalue weighted by molar-refractivity contribution is 5.92. The van der Waals surface area contributed by atoms with Gasteiger partial charge in [-0.1, -0.05) is 42.5 Å². The summed E-state index contributed by atoms with van der Waals surface area (Å²) in [4.78, 5) is 21.1. The first-order valence-electron chi connectivity index (χ1n) is 8.56. The molecule has 132 valence electrons. The van der Waals surface area contributed by atoms with Crippen molar-refractivity contribution in [2.75, 3.05) is 5.32 Å². The lowest BCUT2D eigenvalue weighted by Gasteiger charge is -2.14. The number of carbonyl (C=O) groups is 1. The standard InChI is InChI=1S/C21H22N4O/c1-14-8-7-11-18(15(14)2)24-21-22-13-12-19(25-21)20(26)23-16(3)17-9-5-4-6-10-17/h4-13,16H,1-3H3,(H,23,26)(H,22,24,25). The first-order chi connectivity index (χ1) is 12.5. The van der Waals surface area contributed by atoms with Gasteiger partial charge in [-0.15, -0.1) is 0 Å². The van der Waals surface area contributed by atoms with E-state index in [0.29, 0.717) is 11.6 Å². The predicted octanol–water partition coefficient (Wildman–Crippen LogP) is 4.33. The molecule has 3 rings (SSSR count). The lowest BCUT2D eigenvalue weighted by molar-refractivity contribution is 0.0935. The average molecular weight is 346 g/mol. The van der Waals surface area contributed by atoms with Gasteiger partial charge in [0.15, 0.2) is 0 Å². The van der Waals surface area contributed by atoms with Gasteiger partial charge in [0.2, 0.25) is 5.95 Å². The molecule has 0 aliphatic carbocycles. The SMILES string of the molecule is Cc1cccc(Nc2nccc(C(=O)NC(C)c3ccccc3)n2)c1C. The van der Waals surface area contributed by atoms with E-state index < -0.39 is 0 Å². The number of nitrogens with zero attached hydrogens (tertiary/aromatic N) is 2. The van der Waals surface area contributed by atoms with E-state index in [9.17, 15) is 4.79 Å². The molecule has 1 amide bonds. The molecule has 0 fully saturated rings. The number of aryl methyl sites for hydroxylation is 1. The molecule has 1 heterocycles. The van der Waals surface area contributed by atoms with Crippen molar-refractivity contribution in [1.29, 1.82) is 0 Å². The zero-order valence-electron chi connectivity index (χ0n) is 15.2. The summed E-state index contributed by atoms with van der Waals surface area (Å²) in [5.74, 6) is 0.173. The van der Waals surface area contributed by atoms with E-state index >= 15 is 0 Å². The molecule has 2 aromatic carbocycles. The Hall–Kier alpha value is -3.21. The van der Waals surface area contributed by atoms with Crippen LogP contribution in [-0.4, -0.2) is 15.9 Å². The number of hydrogen-bond donors (Lipinski definition) is 2. The first-order valence-corrected chi connectivity index (χ1v) is 8.56. The molecule has 0 spiro atoms. The summed E-state index contributed by atoms with van der Waals surface area (Å²) in [7, 11) is 0. The highest BCUT2D eigenvalue weighted by Crippen LogP contribution is 2.21. The fraction of sp³-hybridized carbons (Fsp3) is 0.190. The van der Waals surface area contributed by atoms with Crippen LogP contribution in [0.15, 0.2) is 60.8 Å². The van der Waals surface area contributed by atoms with E-state index in [1.807, 2.05) is 56.3 Å². The number of nitrogens with one attached hydrogen (secondary N) is 2. The van der Waals surface area contributed by atoms with Gasteiger partial charge in [-0.25, -0.2) is 9.97 Å². The third-order valence-corrected chi connectivity index (χ3v) is 4.39. The number of carbonyl (C=O) groups excluding carboxylic acids is 1. The van der Waals surface area contributed by atoms with E-state index in [1.54, 1.807) is 12.3 Å². The van der Waals surface area contributed by atoms with Crippen LogP contribution < -0.4 is 10.6 Å². The molecule has 0 bridgehead atoms. The van der Waals surface area contributed by atoms with Crippen molar-refractivity contribution < 1.29 is 4.79 Å². The van der Waals surface area contributed by atoms with Crippen LogP contribution in [0.3, 0.4) is 0 Å². The predicted molar refractivity (Wildman–Crippen MR) is 104 cm³/mol. The van der Waals surface area contributed by atoms with Crippen LogP contribution in [-0.2, 0) is 0 Å². The van der Waals surface area contributed by atoms with Gasteiger partial charge in [0, 0.05) is 11.9 Å². The highest BCUT2D eigenvalue weighted by atomic mass is 16.1. The lowest BCUT2D eigenvalue weighted by atomic mass is 10.1. The van der Waals surface area contributed by atoms with Crippen LogP contribution in [0.4, 0.5) is 11.6 Å². The van der Waals surface area contributed by atoms with E-state index in [-0.39, 0.29) is 11.9 Å². The van der Waals surface area contributed by atoms with Gasteiger partial charge in [0.05, 0.1) is 6.04 Å². The minimum absolute atomic E-state index is 0.103. The Labute approximate surface area is 153 Å². The minimum atomic E-state index is -0.229. The van der Waals surface area contributed by atoms with Crippen molar-refractivity contribution in [2.24, 2.45) is 0 Å². The Balaban J connectivity index is 1.74. The van der Waals surface area contributed by atoms with Crippen molar-refractivity contribution in [3.05, 3.63) is 83.2 Å². The zero-order valence-corrected chi connectivity index (χ0v) is 15.2. The second kappa shape index (κ2) is 7.78. The minimum Gasteiger partial charge on any atom is -0.344 e. The number of benzene rings is 2. The average Bonchev–Trinajstić information content (AvgIpc) is 2.66. The molecular weight excluding hydrogens is 324 g/mol. The molecule has 5 heteroatoms. The Morgan fingerprint density at radius 2 is 1.77 bits per heavy atom. The fourth-order valence-corrected chi connectivity index (χ4v) is 2.65. The molecule has 1 atom stereocenters. The zero-order chi connectivity index (χ0) is 18.5. The maximum absolute atomic E-state index is 12.5. The van der Waals surface area contributed by atoms with Crippen LogP contribution >= 0.6 is 0 Å². The van der Waals surface area contributed by atoms with E-state index in [4.69, 9.17) is 0 Å². The fourth-order valence-electron chi connectivity index (χ4n) is 2.65. The second-order valence-corrected chi connectivity index (χ2v) is 6.24. The summed E-state index contributed by atoms with van der Waals surface area (Å²) < 4.78 is 0. The smallest absolute Gasteiger partial charge is 0.270 e. The molecule has 2 N–H and O–H groups in total. The Morgan fingerprint density at radius 3 is 2.54 bits per heavy atom. The van der Waals surface area contributed by atoms with Gasteiger partial charge in [0.1, 0.15) is 5.69 Å². The molecule has 1 unspecified atom stereocenters. The second-order valence-electron chi connectivity index (χ2n) is 6.24. The van der Waals surface area contributed by atoms with Gasteiger partial charge in [-0.2, -0.15) is 0 Å². The van der Waals surface area contributed by atoms with Crippen LogP contribution in [0.5, 0.6) is 0 Å². The Morgan fingerprint density at radius 1 is 1.00 bits per heavy atom. The Kier molecular flexibility index (Phi) is 5.27. The summed E-state index contributed by atoms with van der Waals surface area (Å²) in [5, 5.41) is 6.16. The summed E-state index contributed by atoms with van der Waals surface area (Å²) in [6, 6.07) is 17.3. The van der Waals surface area contributed by atoms with Gasteiger partial charge >= 0.3 is 0 Å². The van der Waals surface area contributed by atoms with Crippen LogP contribution in [0, 0.1) is 13.8 Å². The van der Waals surface area contributed by atoms with Gasteiger partial charge < -0.3 is 10.6 Å². The summed E-state index contributed by atoms with van der Waals surface area (Å²) in [6.07, 6.45) is 1.59. The van der Waals surface area contributed by atoms with Crippen LogP contribution in [0.2, 0.25) is 0 Å². The third kappa shape index (κ3) is 4.06. The third-order valence-electron chi connectivity index (χ3n) is 4.39. The van der Waals surface area contributed by atoms with Crippen molar-refractivity contribution in [1.82, 2.24) is 15.3 Å². The maximum Gasteiger partial charge on any atom is 0.270 e. The number of amides is 1. The van der Waals surface area contributed by atoms with Crippen LogP contribution in [0.25, 0.3) is 0 Å². The highest BCUT2D eigenvalue weighted by Gasteiger charge is 2.13. The molecule has 0 aliphatic rings. The lowest BCUT2D eigenvalue weighted by Crippen LogP contribution is -2.27. The van der Waals surface area contributed by atoms with E-state index in [2.05, 4.69) is 33.6 Å². The summed E-state index contributed by atoms with van der Waals surface area (Å²) in [5.41, 5.74) is 4.61. The van der Waals surface area contributed by atoms with Crippen molar-refractivity contribution >= 4 is 17.5 Å². The number of aromatic nitrogens is 2. The number of anilines is 2. The summed E-state index contributed by atoms with van der Waals surface area (Å²) in [6.45, 7) is 6.04. The topological polar surface area (TPSA) is 66.9 Å². The largest absolute Gasteiger partial charge is 0.344 e. The normalized spacial score (nSPS) is 11.7. The van der Waals surface area contributed by atoms with Crippen molar-refractivity contribution in [3.8, 4) is 0 Å². The number of hydrogen-bond acceptors (Lipinski definition) is 4. The van der Waals surface area contributed by atoms with Gasteiger partial charge in [-0.3, -0.25) is 4.79 Å². The molecule has 0 radical (unpaired) electrons. The summed E-state index contributed by atoms with van der Waals surface area (Å²) >= 11 is 0. The van der Waals surface area contributed by atoms with Crippen molar-refractivity contribution in [3.63, 3.8) is 0 Å². The Bertz CT molecular complexity index is 909. The van der Waals surface area contributed by atoms with Crippen molar-refractivity contribution in [2.45, 2.75) is 26.8 Å². The molecule has 5 nitrogen and oxygen atoms in total. The molecule has 3 aromatic rings. The van der Waals surface area contributed by atoms with Crippen LogP contribution in [0.1, 0.15) is 40.1 Å². The molecule has 0 aliphatic heterocycles. The maximum atomic E-state index is 12.5.